The number of likely N-dealkylation sites (tertiary alicyclic amines) is 1. The third-order valence-corrected chi connectivity index (χ3v) is 6.70. The molecule has 2 heterocycles. The fraction of sp³-hybridized carbons (Fsp3) is 0.200. The Hall–Kier alpha value is -3.84. The number of carbonyl (C=O) groups excluding carboxylic acids is 2. The third-order valence-electron chi connectivity index (χ3n) is 6.70. The van der Waals surface area contributed by atoms with E-state index in [-0.39, 0.29) is 28.9 Å². The molecule has 7 nitrogen and oxygen atoms in total. The molecule has 32 heavy (non-hydrogen) atoms. The first-order chi connectivity index (χ1) is 15.3. The Morgan fingerprint density at radius 2 is 1.78 bits per heavy atom. The molecule has 0 bridgehead atoms. The van der Waals surface area contributed by atoms with E-state index in [0.29, 0.717) is 23.4 Å². The van der Waals surface area contributed by atoms with Crippen molar-refractivity contribution in [1.82, 2.24) is 4.90 Å². The van der Waals surface area contributed by atoms with E-state index in [2.05, 4.69) is 5.32 Å². The summed E-state index contributed by atoms with van der Waals surface area (Å²) in [6.07, 6.45) is 0. The van der Waals surface area contributed by atoms with E-state index in [4.69, 9.17) is 0 Å². The minimum atomic E-state index is -1.25. The summed E-state index contributed by atoms with van der Waals surface area (Å²) in [4.78, 5) is 29.4. The van der Waals surface area contributed by atoms with E-state index >= 15 is 0 Å². The molecule has 3 unspecified atom stereocenters. The van der Waals surface area contributed by atoms with Crippen molar-refractivity contribution in [3.05, 3.63) is 83.4 Å². The largest absolute Gasteiger partial charge is 0.508 e. The van der Waals surface area contributed by atoms with Gasteiger partial charge in [0.25, 0.3) is 0 Å². The molecule has 1 amide bonds. The molecule has 2 aliphatic rings. The summed E-state index contributed by atoms with van der Waals surface area (Å²) in [5.74, 6) is -2.42. The van der Waals surface area contributed by atoms with Gasteiger partial charge in [0.2, 0.25) is 5.91 Å². The number of amides is 1. The van der Waals surface area contributed by atoms with Gasteiger partial charge >= 0.3 is 0 Å². The minimum absolute atomic E-state index is 0.0358. The van der Waals surface area contributed by atoms with Crippen LogP contribution in [-0.4, -0.2) is 45.5 Å². The van der Waals surface area contributed by atoms with E-state index < -0.39 is 17.4 Å². The number of phenols is 3. The molecule has 1 fully saturated rings. The van der Waals surface area contributed by atoms with Gasteiger partial charge in [0.15, 0.2) is 17.3 Å². The van der Waals surface area contributed by atoms with Crippen molar-refractivity contribution >= 4 is 17.4 Å². The van der Waals surface area contributed by atoms with Crippen molar-refractivity contribution in [3.63, 3.8) is 0 Å². The van der Waals surface area contributed by atoms with Crippen LogP contribution in [0.2, 0.25) is 0 Å². The van der Waals surface area contributed by atoms with Gasteiger partial charge in [-0.2, -0.15) is 0 Å². The molecule has 1 spiro atoms. The number of nitrogens with zero attached hydrogens (tertiary/aromatic N) is 1. The fourth-order valence-electron chi connectivity index (χ4n) is 5.31. The van der Waals surface area contributed by atoms with Crippen molar-refractivity contribution in [2.75, 3.05) is 18.9 Å². The number of carbonyl (C=O) groups is 2. The van der Waals surface area contributed by atoms with Crippen LogP contribution >= 0.6 is 0 Å². The number of rotatable bonds is 3. The highest BCUT2D eigenvalue weighted by Gasteiger charge is 2.64. The minimum Gasteiger partial charge on any atom is -0.508 e. The molecule has 7 heteroatoms. The smallest absolute Gasteiger partial charge is 0.250 e. The summed E-state index contributed by atoms with van der Waals surface area (Å²) in [6, 6.07) is 17.9. The van der Waals surface area contributed by atoms with E-state index in [1.165, 1.54) is 24.3 Å². The molecule has 0 aliphatic carbocycles. The molecular weight excluding hydrogens is 408 g/mol. The topological polar surface area (TPSA) is 110 Å². The van der Waals surface area contributed by atoms with Crippen LogP contribution in [0.25, 0.3) is 0 Å². The number of para-hydroxylation sites is 1. The number of likely N-dealkylation sites (N-methyl/N-ethyl adjacent to an activating group) is 1. The van der Waals surface area contributed by atoms with Crippen LogP contribution in [0.1, 0.15) is 27.4 Å². The number of hydrogen-bond acceptors (Lipinski definition) is 6. The van der Waals surface area contributed by atoms with E-state index in [1.807, 2.05) is 36.2 Å². The second-order valence-electron chi connectivity index (χ2n) is 8.39. The predicted molar refractivity (Wildman–Crippen MR) is 118 cm³/mol. The lowest BCUT2D eigenvalue weighted by Crippen LogP contribution is -2.51. The van der Waals surface area contributed by atoms with Crippen molar-refractivity contribution in [2.24, 2.45) is 5.92 Å². The zero-order chi connectivity index (χ0) is 22.6. The quantitative estimate of drug-likeness (QED) is 0.375. The number of anilines is 1. The molecule has 0 aromatic heterocycles. The summed E-state index contributed by atoms with van der Waals surface area (Å²) in [7, 11) is 1.81. The zero-order valence-electron chi connectivity index (χ0n) is 17.3. The number of phenolic OH excluding ortho intramolecular Hbond substituents is 3. The Morgan fingerprint density at radius 1 is 1.00 bits per heavy atom. The molecule has 3 aromatic rings. The normalized spacial score (nSPS) is 24.5. The van der Waals surface area contributed by atoms with Crippen LogP contribution < -0.4 is 5.32 Å². The third kappa shape index (κ3) is 2.71. The van der Waals surface area contributed by atoms with Crippen molar-refractivity contribution in [1.29, 1.82) is 0 Å². The molecule has 5 rings (SSSR count). The van der Waals surface area contributed by atoms with E-state index in [0.717, 1.165) is 5.56 Å². The Bertz CT molecular complexity index is 1260. The molecule has 0 radical (unpaired) electrons. The number of fused-ring (bicyclic) bond motifs is 2. The lowest BCUT2D eigenvalue weighted by Gasteiger charge is -2.35. The van der Waals surface area contributed by atoms with Crippen molar-refractivity contribution in [3.8, 4) is 17.2 Å². The maximum atomic E-state index is 14.0. The van der Waals surface area contributed by atoms with Crippen LogP contribution in [0.15, 0.2) is 66.7 Å². The molecule has 2 aliphatic heterocycles. The molecule has 162 valence electrons. The summed E-state index contributed by atoms with van der Waals surface area (Å²) < 4.78 is 0. The molecule has 4 N–H and O–H groups in total. The summed E-state index contributed by atoms with van der Waals surface area (Å²) in [5.41, 5.74) is 1.07. The maximum Gasteiger partial charge on any atom is 0.250 e. The Morgan fingerprint density at radius 3 is 2.53 bits per heavy atom. The van der Waals surface area contributed by atoms with Gasteiger partial charge in [-0.3, -0.25) is 14.5 Å². The van der Waals surface area contributed by atoms with Gasteiger partial charge in [0.1, 0.15) is 11.3 Å². The van der Waals surface area contributed by atoms with Crippen LogP contribution in [0, 0.1) is 5.92 Å². The average molecular weight is 430 g/mol. The Balaban J connectivity index is 1.74. The van der Waals surface area contributed by atoms with Crippen LogP contribution in [0.5, 0.6) is 17.2 Å². The van der Waals surface area contributed by atoms with Crippen LogP contribution in [0.3, 0.4) is 0 Å². The maximum absolute atomic E-state index is 14.0. The Kier molecular flexibility index (Phi) is 4.46. The average Bonchev–Trinajstić information content (AvgIpc) is 3.25. The summed E-state index contributed by atoms with van der Waals surface area (Å²) in [5, 5.41) is 32.8. The van der Waals surface area contributed by atoms with Gasteiger partial charge in [-0.1, -0.05) is 36.4 Å². The first-order valence-corrected chi connectivity index (χ1v) is 10.3. The highest BCUT2D eigenvalue weighted by Crippen LogP contribution is 2.56. The van der Waals surface area contributed by atoms with Gasteiger partial charge in [-0.25, -0.2) is 0 Å². The van der Waals surface area contributed by atoms with E-state index in [1.54, 1.807) is 18.2 Å². The van der Waals surface area contributed by atoms with Crippen LogP contribution in [-0.2, 0) is 10.3 Å². The van der Waals surface area contributed by atoms with Crippen molar-refractivity contribution in [2.45, 2.75) is 11.5 Å². The van der Waals surface area contributed by atoms with Crippen LogP contribution in [0.4, 0.5) is 5.69 Å². The fourth-order valence-corrected chi connectivity index (χ4v) is 5.31. The number of ketones is 1. The molecule has 3 atom stereocenters. The summed E-state index contributed by atoms with van der Waals surface area (Å²) >= 11 is 0. The van der Waals surface area contributed by atoms with E-state index in [9.17, 15) is 24.9 Å². The monoisotopic (exact) mass is 430 g/mol. The number of nitrogens with one attached hydrogen (secondary N) is 1. The standard InChI is InChI=1S/C25H22N2O5/c1-27-13-17(14-9-10-20(29)21(30)12-14)22(23(31)15-5-4-6-16(28)11-15)25(27)18-7-2-3-8-19(18)26-24(25)32/h2-12,17,22,28-30H,13H2,1H3,(H,26,32). The second kappa shape index (κ2) is 7.10. The predicted octanol–water partition coefficient (Wildman–Crippen LogP) is 3.18. The number of aromatic hydroxyl groups is 3. The van der Waals surface area contributed by atoms with Gasteiger partial charge < -0.3 is 20.6 Å². The van der Waals surface area contributed by atoms with Gasteiger partial charge in [-0.05, 0) is 42.9 Å². The number of hydrogen-bond donors (Lipinski definition) is 4. The number of benzene rings is 3. The summed E-state index contributed by atoms with van der Waals surface area (Å²) in [6.45, 7) is 0.376. The highest BCUT2D eigenvalue weighted by molar-refractivity contribution is 6.12. The van der Waals surface area contributed by atoms with Crippen molar-refractivity contribution < 1.29 is 24.9 Å². The highest BCUT2D eigenvalue weighted by atomic mass is 16.3. The molecular formula is C25H22N2O5. The SMILES string of the molecule is CN1CC(c2ccc(O)c(O)c2)C(C(=O)c2cccc(O)c2)C12C(=O)Nc1ccccc12. The second-order valence-corrected chi connectivity index (χ2v) is 8.39. The molecule has 1 saturated heterocycles. The number of Topliss-reactive ketones (excluding diaryl/α,β-unsaturated/α-hetero) is 1. The molecule has 3 aromatic carbocycles. The lowest BCUT2D eigenvalue weighted by atomic mass is 9.70. The first kappa shape index (κ1) is 20.1. The zero-order valence-corrected chi connectivity index (χ0v) is 17.3. The van der Waals surface area contributed by atoms with Gasteiger partial charge in [0, 0.05) is 29.3 Å². The lowest BCUT2D eigenvalue weighted by molar-refractivity contribution is -0.126. The molecule has 0 saturated carbocycles. The van der Waals surface area contributed by atoms with Gasteiger partial charge in [0.05, 0.1) is 5.92 Å². The Labute approximate surface area is 184 Å². The van der Waals surface area contributed by atoms with Gasteiger partial charge in [-0.15, -0.1) is 0 Å². The first-order valence-electron chi connectivity index (χ1n) is 10.3.